The molecule has 1 aromatic heterocycles. The highest BCUT2D eigenvalue weighted by molar-refractivity contribution is 7.91. The summed E-state index contributed by atoms with van der Waals surface area (Å²) in [6.45, 7) is 1.60. The highest BCUT2D eigenvalue weighted by atomic mass is 32.2. The van der Waals surface area contributed by atoms with Gasteiger partial charge in [-0.1, -0.05) is 31.2 Å². The average Bonchev–Trinajstić information content (AvgIpc) is 2.96. The van der Waals surface area contributed by atoms with Crippen molar-refractivity contribution >= 4 is 43.2 Å². The number of fused-ring (bicyclic) bond motifs is 1. The van der Waals surface area contributed by atoms with Crippen molar-refractivity contribution in [1.29, 1.82) is 0 Å². The van der Waals surface area contributed by atoms with Gasteiger partial charge < -0.3 is 10.5 Å². The number of hydrogen-bond donors (Lipinski definition) is 2. The summed E-state index contributed by atoms with van der Waals surface area (Å²) < 4.78 is 72.9. The molecule has 0 radical (unpaired) electrons. The van der Waals surface area contributed by atoms with Crippen molar-refractivity contribution in [1.82, 2.24) is 4.98 Å². The lowest BCUT2D eigenvalue weighted by Crippen LogP contribution is -2.08. The van der Waals surface area contributed by atoms with Gasteiger partial charge in [0.2, 0.25) is 0 Å². The summed E-state index contributed by atoms with van der Waals surface area (Å²) in [4.78, 5) is 4.58. The van der Waals surface area contributed by atoms with E-state index >= 15 is 0 Å². The van der Waals surface area contributed by atoms with Gasteiger partial charge in [-0.3, -0.25) is 4.72 Å². The first-order valence-corrected chi connectivity index (χ1v) is 15.2. The van der Waals surface area contributed by atoms with Crippen LogP contribution in [0.1, 0.15) is 6.92 Å². The second-order valence-corrected chi connectivity index (χ2v) is 12.6. The van der Waals surface area contributed by atoms with E-state index in [4.69, 9.17) is 10.5 Å². The number of aromatic nitrogens is 1. The van der Waals surface area contributed by atoms with E-state index in [2.05, 4.69) is 9.71 Å². The average molecular weight is 594 g/mol. The molecule has 5 aromatic rings. The Hall–Kier alpha value is -4.35. The van der Waals surface area contributed by atoms with Gasteiger partial charge >= 0.3 is 0 Å². The topological polar surface area (TPSA) is 111 Å². The number of nitrogens with two attached hydrogens (primary N) is 1. The number of hydrogen-bond acceptors (Lipinski definition) is 6. The molecule has 5 rings (SSSR count). The molecule has 0 saturated carbocycles. The number of sulfone groups is 1. The van der Waals surface area contributed by atoms with Crippen molar-refractivity contribution < 1.29 is 26.1 Å². The maximum Gasteiger partial charge on any atom is 0.178 e. The fourth-order valence-corrected chi connectivity index (χ4v) is 6.14. The third kappa shape index (κ3) is 5.77. The van der Waals surface area contributed by atoms with Gasteiger partial charge in [0.1, 0.15) is 23.2 Å². The molecule has 0 spiro atoms. The Morgan fingerprint density at radius 1 is 0.902 bits per heavy atom. The molecule has 41 heavy (non-hydrogen) atoms. The van der Waals surface area contributed by atoms with Gasteiger partial charge in [-0.2, -0.15) is 0 Å². The number of pyridine rings is 1. The van der Waals surface area contributed by atoms with E-state index in [1.807, 2.05) is 30.3 Å². The fourth-order valence-electron chi connectivity index (χ4n) is 4.36. The van der Waals surface area contributed by atoms with Gasteiger partial charge in [0.25, 0.3) is 0 Å². The SMILES string of the molecule is CCS(=O)(=O)c1ccc(-c2cc3cc(-c4ccc(OC)c(NS(=O)c5ccc(F)cc5F)c4)ccc3nc2N)cc1. The molecule has 0 amide bonds. The van der Waals surface area contributed by atoms with Crippen LogP contribution in [0.4, 0.5) is 20.3 Å². The number of ether oxygens (including phenoxy) is 1. The van der Waals surface area contributed by atoms with E-state index in [1.165, 1.54) is 7.11 Å². The summed E-state index contributed by atoms with van der Waals surface area (Å²) >= 11 is 0. The van der Waals surface area contributed by atoms with Crippen LogP contribution < -0.4 is 15.2 Å². The zero-order valence-electron chi connectivity index (χ0n) is 22.0. The van der Waals surface area contributed by atoms with Gasteiger partial charge in [-0.25, -0.2) is 26.4 Å². The van der Waals surface area contributed by atoms with Crippen LogP contribution in [0.15, 0.2) is 94.7 Å². The van der Waals surface area contributed by atoms with Crippen LogP contribution in [0.3, 0.4) is 0 Å². The molecular formula is C30H25F2N3O4S2. The Morgan fingerprint density at radius 2 is 1.59 bits per heavy atom. The molecule has 1 unspecified atom stereocenters. The van der Waals surface area contributed by atoms with Crippen molar-refractivity contribution in [2.24, 2.45) is 0 Å². The molecule has 0 aliphatic heterocycles. The van der Waals surface area contributed by atoms with E-state index in [-0.39, 0.29) is 15.5 Å². The highest BCUT2D eigenvalue weighted by Gasteiger charge is 2.16. The summed E-state index contributed by atoms with van der Waals surface area (Å²) in [5, 5.41) is 0.791. The number of nitrogen functional groups attached to an aromatic ring is 1. The third-order valence-corrected chi connectivity index (χ3v) is 9.46. The van der Waals surface area contributed by atoms with E-state index in [0.717, 1.165) is 34.2 Å². The van der Waals surface area contributed by atoms with E-state index in [1.54, 1.807) is 43.3 Å². The van der Waals surface area contributed by atoms with Crippen LogP contribution in [0, 0.1) is 11.6 Å². The Morgan fingerprint density at radius 3 is 2.27 bits per heavy atom. The zero-order valence-corrected chi connectivity index (χ0v) is 23.7. The Balaban J connectivity index is 1.50. The minimum absolute atomic E-state index is 0.0103. The van der Waals surface area contributed by atoms with Gasteiger partial charge in [-0.15, -0.1) is 0 Å². The first kappa shape index (κ1) is 28.2. The number of rotatable bonds is 8. The van der Waals surface area contributed by atoms with Gasteiger partial charge in [0, 0.05) is 17.0 Å². The first-order chi connectivity index (χ1) is 19.6. The van der Waals surface area contributed by atoms with Crippen LogP contribution in [-0.2, 0) is 20.8 Å². The van der Waals surface area contributed by atoms with Crippen molar-refractivity contribution in [3.63, 3.8) is 0 Å². The second-order valence-electron chi connectivity index (χ2n) is 9.12. The van der Waals surface area contributed by atoms with Crippen LogP contribution in [0.5, 0.6) is 5.75 Å². The normalized spacial score (nSPS) is 12.3. The maximum atomic E-state index is 14.2. The van der Waals surface area contributed by atoms with E-state index < -0.39 is 32.5 Å². The van der Waals surface area contributed by atoms with Crippen molar-refractivity contribution in [3.8, 4) is 28.0 Å². The number of nitrogens with one attached hydrogen (secondary N) is 1. The molecule has 0 aliphatic carbocycles. The minimum Gasteiger partial charge on any atom is -0.495 e. The molecule has 4 aromatic carbocycles. The summed E-state index contributed by atoms with van der Waals surface area (Å²) in [5.74, 6) is -0.987. The number of anilines is 2. The Bertz CT molecular complexity index is 1910. The fraction of sp³-hybridized carbons (Fsp3) is 0.100. The molecule has 210 valence electrons. The van der Waals surface area contributed by atoms with Crippen LogP contribution in [0.2, 0.25) is 0 Å². The largest absolute Gasteiger partial charge is 0.495 e. The van der Waals surface area contributed by atoms with Crippen LogP contribution in [-0.4, -0.2) is 30.5 Å². The lowest BCUT2D eigenvalue weighted by atomic mass is 10.00. The van der Waals surface area contributed by atoms with Crippen molar-refractivity contribution in [2.45, 2.75) is 16.7 Å². The van der Waals surface area contributed by atoms with Crippen LogP contribution >= 0.6 is 0 Å². The molecule has 1 heterocycles. The molecule has 11 heteroatoms. The molecule has 0 saturated heterocycles. The molecule has 3 N–H and O–H groups in total. The summed E-state index contributed by atoms with van der Waals surface area (Å²) in [6.07, 6.45) is 0. The summed E-state index contributed by atoms with van der Waals surface area (Å²) in [6, 6.07) is 22.1. The molecular weight excluding hydrogens is 568 g/mol. The van der Waals surface area contributed by atoms with Crippen molar-refractivity contribution in [3.05, 3.63) is 96.6 Å². The number of benzene rings is 4. The third-order valence-electron chi connectivity index (χ3n) is 6.58. The Kier molecular flexibility index (Phi) is 7.74. The lowest BCUT2D eigenvalue weighted by Gasteiger charge is -2.14. The number of nitrogens with zero attached hydrogens (tertiary/aromatic N) is 1. The second kappa shape index (κ2) is 11.3. The predicted octanol–water partition coefficient (Wildman–Crippen LogP) is 6.37. The number of halogens is 2. The molecule has 7 nitrogen and oxygen atoms in total. The van der Waals surface area contributed by atoms with Gasteiger partial charge in [-0.05, 0) is 71.3 Å². The van der Waals surface area contributed by atoms with Crippen molar-refractivity contribution in [2.75, 3.05) is 23.3 Å². The Labute approximate surface area is 238 Å². The quantitative estimate of drug-likeness (QED) is 0.216. The molecule has 1 atom stereocenters. The highest BCUT2D eigenvalue weighted by Crippen LogP contribution is 2.35. The minimum atomic E-state index is -3.33. The smallest absolute Gasteiger partial charge is 0.178 e. The standard InChI is InChI=1S/C30H25F2N3O4S2/c1-3-41(37,38)23-9-4-18(5-10-23)24-15-21-14-19(6-11-26(21)34-30(24)33)20-7-12-28(39-2)27(16-20)35-40(36)29-13-8-22(31)17-25(29)32/h4-17,35H,3H2,1-2H3,(H2,33,34). The molecule has 0 aliphatic rings. The maximum absolute atomic E-state index is 14.2. The lowest BCUT2D eigenvalue weighted by molar-refractivity contribution is 0.417. The van der Waals surface area contributed by atoms with Crippen LogP contribution in [0.25, 0.3) is 33.2 Å². The van der Waals surface area contributed by atoms with E-state index in [0.29, 0.717) is 34.4 Å². The monoisotopic (exact) mass is 593 g/mol. The number of methoxy groups -OCH3 is 1. The summed E-state index contributed by atoms with van der Waals surface area (Å²) in [5.41, 5.74) is 10.2. The zero-order chi connectivity index (χ0) is 29.3. The summed E-state index contributed by atoms with van der Waals surface area (Å²) in [7, 11) is -3.89. The molecule has 0 bridgehead atoms. The van der Waals surface area contributed by atoms with E-state index in [9.17, 15) is 21.4 Å². The van der Waals surface area contributed by atoms with Gasteiger partial charge in [0.15, 0.2) is 20.8 Å². The predicted molar refractivity (Wildman–Crippen MR) is 158 cm³/mol. The first-order valence-electron chi connectivity index (χ1n) is 12.4. The van der Waals surface area contributed by atoms with Gasteiger partial charge in [0.05, 0.1) is 33.9 Å². The molecule has 0 fully saturated rings.